The molecule has 3 heterocycles. The SMILES string of the molecule is [2H]C([2H])([2H])c1cc(-c2ccccc2)ccc1-c1cnc(-n2c3[c-]c(Oc4[c-]c(N5[CH-]N(c6cc(C(C)(C)C)cc(C(C)(C)C)c6)c6ccccc65)ccc4)ccc3c3ccccc32)cc1C([2H])([2H])[2H].[Pt]. The normalized spacial score (nSPS) is 14.5. The molecule has 2 aromatic heterocycles. The van der Waals surface area contributed by atoms with Crippen LogP contribution in [0.3, 0.4) is 0 Å². The summed E-state index contributed by atoms with van der Waals surface area (Å²) in [5, 5.41) is 1.79. The molecule has 1 aliphatic rings. The third-order valence-corrected chi connectivity index (χ3v) is 11.9. The van der Waals surface area contributed by atoms with Crippen molar-refractivity contribution in [3.8, 4) is 39.6 Å². The molecule has 1 aliphatic heterocycles. The molecule has 0 saturated carbocycles. The molecule has 0 fully saturated rings. The van der Waals surface area contributed by atoms with Crippen LogP contribution in [-0.2, 0) is 31.9 Å². The van der Waals surface area contributed by atoms with E-state index >= 15 is 0 Å². The summed E-state index contributed by atoms with van der Waals surface area (Å²) in [6.45, 7) is 10.5. The molecule has 0 atom stereocenters. The maximum atomic E-state index is 8.73. The minimum Gasteiger partial charge on any atom is -0.509 e. The molecule has 10 rings (SSSR count). The van der Waals surface area contributed by atoms with Crippen molar-refractivity contribution in [2.24, 2.45) is 0 Å². The molecule has 7 aromatic carbocycles. The van der Waals surface area contributed by atoms with Gasteiger partial charge in [-0.25, -0.2) is 4.98 Å². The molecule has 9 aromatic rings. The van der Waals surface area contributed by atoms with E-state index in [1.807, 2.05) is 102 Å². The second-order valence-corrected chi connectivity index (χ2v) is 18.3. The molecule has 0 bridgehead atoms. The quantitative estimate of drug-likeness (QED) is 0.149. The Morgan fingerprint density at radius 3 is 1.98 bits per heavy atom. The summed E-state index contributed by atoms with van der Waals surface area (Å²) in [4.78, 5) is 9.25. The summed E-state index contributed by atoms with van der Waals surface area (Å²) in [5.41, 5.74) is 9.89. The number of rotatable bonds is 7. The van der Waals surface area contributed by atoms with E-state index in [0.29, 0.717) is 28.4 Å². The Morgan fingerprint density at radius 1 is 0.578 bits per heavy atom. The summed E-state index contributed by atoms with van der Waals surface area (Å²) >= 11 is 0. The van der Waals surface area contributed by atoms with Gasteiger partial charge in [0.25, 0.3) is 0 Å². The number of hydrogen-bond donors (Lipinski definition) is 0. The molecule has 6 heteroatoms. The number of anilines is 4. The van der Waals surface area contributed by atoms with Crippen LogP contribution in [0.4, 0.5) is 22.7 Å². The number of fused-ring (bicyclic) bond motifs is 4. The summed E-state index contributed by atoms with van der Waals surface area (Å²) in [6, 6.07) is 55.9. The number of hydrogen-bond acceptors (Lipinski definition) is 4. The molecule has 0 amide bonds. The third kappa shape index (κ3) is 7.92. The summed E-state index contributed by atoms with van der Waals surface area (Å²) in [5.74, 6) is 1.25. The van der Waals surface area contributed by atoms with Crippen LogP contribution in [0, 0.1) is 32.5 Å². The smallest absolute Gasteiger partial charge is 0.135 e. The minimum atomic E-state index is -2.62. The van der Waals surface area contributed by atoms with Gasteiger partial charge in [-0.15, -0.1) is 48.1 Å². The Morgan fingerprint density at radius 2 is 1.25 bits per heavy atom. The Balaban J connectivity index is 0.00000608. The Kier molecular flexibility index (Phi) is 9.34. The van der Waals surface area contributed by atoms with E-state index in [9.17, 15) is 0 Å². The topological polar surface area (TPSA) is 33.5 Å². The van der Waals surface area contributed by atoms with Crippen LogP contribution < -0.4 is 14.5 Å². The maximum absolute atomic E-state index is 8.73. The van der Waals surface area contributed by atoms with Gasteiger partial charge in [-0.2, -0.15) is 12.1 Å². The predicted molar refractivity (Wildman–Crippen MR) is 262 cm³/mol. The van der Waals surface area contributed by atoms with Gasteiger partial charge in [-0.3, -0.25) is 0 Å². The fourth-order valence-corrected chi connectivity index (χ4v) is 8.42. The van der Waals surface area contributed by atoms with Crippen LogP contribution in [0.25, 0.3) is 49.9 Å². The van der Waals surface area contributed by atoms with Crippen LogP contribution in [-0.4, -0.2) is 9.55 Å². The van der Waals surface area contributed by atoms with Gasteiger partial charge in [-0.1, -0.05) is 132 Å². The molecule has 64 heavy (non-hydrogen) atoms. The minimum absolute atomic E-state index is 0. The fraction of sp³-hybridized carbons (Fsp3) is 0.172. The number of aromatic nitrogens is 2. The Hall–Kier alpha value is -6.42. The van der Waals surface area contributed by atoms with Crippen molar-refractivity contribution in [3.05, 3.63) is 199 Å². The van der Waals surface area contributed by atoms with Crippen LogP contribution in [0.2, 0.25) is 0 Å². The molecule has 0 unspecified atom stereocenters. The van der Waals surface area contributed by atoms with Crippen molar-refractivity contribution in [1.82, 2.24) is 9.55 Å². The molecule has 0 N–H and O–H groups in total. The fourth-order valence-electron chi connectivity index (χ4n) is 8.42. The first kappa shape index (κ1) is 36.0. The Labute approximate surface area is 400 Å². The number of aryl methyl sites for hydroxylation is 2. The second kappa shape index (κ2) is 16.6. The first-order chi connectivity index (χ1) is 32.7. The van der Waals surface area contributed by atoms with E-state index in [0.717, 1.165) is 44.6 Å². The van der Waals surface area contributed by atoms with E-state index in [-0.39, 0.29) is 54.1 Å². The number of ether oxygens (including phenoxy) is 1. The Bertz CT molecular complexity index is 3390. The molecule has 0 spiro atoms. The van der Waals surface area contributed by atoms with Gasteiger partial charge in [0, 0.05) is 75.1 Å². The van der Waals surface area contributed by atoms with Gasteiger partial charge in [0.15, 0.2) is 0 Å². The van der Waals surface area contributed by atoms with Gasteiger partial charge in [-0.05, 0) is 105 Å². The molecule has 0 saturated heterocycles. The van der Waals surface area contributed by atoms with Gasteiger partial charge in [0.05, 0.1) is 0 Å². The van der Waals surface area contributed by atoms with Gasteiger partial charge in [0.2, 0.25) is 0 Å². The van der Waals surface area contributed by atoms with Gasteiger partial charge >= 0.3 is 0 Å². The zero-order chi connectivity index (χ0) is 48.6. The van der Waals surface area contributed by atoms with Crippen molar-refractivity contribution in [2.45, 2.75) is 66.1 Å². The number of benzene rings is 7. The van der Waals surface area contributed by atoms with E-state index in [2.05, 4.69) is 107 Å². The molecule has 322 valence electrons. The monoisotopic (exact) mass is 1020 g/mol. The van der Waals surface area contributed by atoms with E-state index in [1.165, 1.54) is 23.4 Å². The maximum Gasteiger partial charge on any atom is 0.135 e. The third-order valence-electron chi connectivity index (χ3n) is 11.9. The molecule has 5 nitrogen and oxygen atoms in total. The molecule has 0 radical (unpaired) electrons. The van der Waals surface area contributed by atoms with Gasteiger partial charge < -0.3 is 19.1 Å². The van der Waals surface area contributed by atoms with Crippen molar-refractivity contribution >= 4 is 44.6 Å². The number of para-hydroxylation sites is 3. The van der Waals surface area contributed by atoms with Crippen LogP contribution in [0.5, 0.6) is 11.5 Å². The second-order valence-electron chi connectivity index (χ2n) is 18.3. The van der Waals surface area contributed by atoms with E-state index < -0.39 is 13.7 Å². The molecular formula is C58H51N4OPt-3. The first-order valence-corrected chi connectivity index (χ1v) is 21.3. The average molecular weight is 1020 g/mol. The van der Waals surface area contributed by atoms with E-state index in [1.54, 1.807) is 12.1 Å². The number of pyridine rings is 1. The average Bonchev–Trinajstić information content (AvgIpc) is 3.87. The summed E-state index contributed by atoms with van der Waals surface area (Å²) < 4.78 is 60.1. The van der Waals surface area contributed by atoms with Gasteiger partial charge in [0.1, 0.15) is 5.82 Å². The summed E-state index contributed by atoms with van der Waals surface area (Å²) in [7, 11) is 0. The van der Waals surface area contributed by atoms with Crippen molar-refractivity contribution < 1.29 is 34.0 Å². The van der Waals surface area contributed by atoms with E-state index in [4.69, 9.17) is 17.9 Å². The van der Waals surface area contributed by atoms with Crippen LogP contribution >= 0.6 is 0 Å². The predicted octanol–water partition coefficient (Wildman–Crippen LogP) is 15.5. The van der Waals surface area contributed by atoms with Crippen molar-refractivity contribution in [1.29, 1.82) is 0 Å². The number of nitrogens with zero attached hydrogens (tertiary/aromatic N) is 4. The van der Waals surface area contributed by atoms with Crippen molar-refractivity contribution in [2.75, 3.05) is 9.80 Å². The standard InChI is InChI=1S/C58H51N4O.Pt/c1-38-29-41(40-17-10-9-11-18-40)25-27-48(38)51-36-59-56(30-39(51)2)62-52-22-13-12-21-49(52)50-28-26-47(35-55(50)62)63-46-20-16-19-44(34-46)60-37-61(54-24-15-14-23-53(54)60)45-32-42(57(3,4)5)31-43(33-45)58(6,7)8;/h9-33,36-37H,1-8H3;/q-3;/i1D3,2D3;. The van der Waals surface area contributed by atoms with Crippen molar-refractivity contribution in [3.63, 3.8) is 0 Å². The largest absolute Gasteiger partial charge is 0.509 e. The zero-order valence-corrected chi connectivity index (χ0v) is 38.9. The van der Waals surface area contributed by atoms with Crippen LogP contribution in [0.15, 0.2) is 158 Å². The first-order valence-electron chi connectivity index (χ1n) is 24.3. The molecule has 0 aliphatic carbocycles. The summed E-state index contributed by atoms with van der Waals surface area (Å²) in [6.07, 6.45) is 1.48. The molecular weight excluding hydrogens is 964 g/mol. The zero-order valence-electron chi connectivity index (χ0n) is 42.6. The van der Waals surface area contributed by atoms with Crippen LogP contribution in [0.1, 0.15) is 72.0 Å².